The number of anilines is 1. The van der Waals surface area contributed by atoms with Gasteiger partial charge < -0.3 is 9.64 Å². The number of nitrogens with zero attached hydrogens (tertiary/aromatic N) is 2. The number of aromatic nitrogens is 1. The van der Waals surface area contributed by atoms with E-state index >= 15 is 0 Å². The van der Waals surface area contributed by atoms with Gasteiger partial charge in [-0.2, -0.15) is 0 Å². The number of carbonyl (C=O) groups excluding carboxylic acids is 1. The molecule has 1 aliphatic carbocycles. The highest BCUT2D eigenvalue weighted by molar-refractivity contribution is 7.15. The number of halogens is 3. The second-order valence-corrected chi connectivity index (χ2v) is 9.10. The van der Waals surface area contributed by atoms with E-state index in [2.05, 4.69) is 14.6 Å². The molecule has 8 heteroatoms. The van der Waals surface area contributed by atoms with E-state index in [1.807, 2.05) is 6.92 Å². The summed E-state index contributed by atoms with van der Waals surface area (Å²) in [5.74, 6) is 0.505. The standard InChI is InChI=1S/C22H27F3N2O2S/c1-15-12-18(8-9-20(15)29-22(23,24)25)13-27(11-10-17-6-4-3-5-7-17)21-26-19(14-28)16(2)30-21/h8-9,12,14,17H,3-7,10-11,13H2,1-2H3. The van der Waals surface area contributed by atoms with Gasteiger partial charge in [-0.3, -0.25) is 4.79 Å². The molecule has 0 saturated heterocycles. The van der Waals surface area contributed by atoms with Crippen molar-refractivity contribution in [3.05, 3.63) is 39.9 Å². The van der Waals surface area contributed by atoms with E-state index in [9.17, 15) is 18.0 Å². The molecule has 1 heterocycles. The summed E-state index contributed by atoms with van der Waals surface area (Å²) < 4.78 is 41.7. The molecular formula is C22H27F3N2O2S. The Morgan fingerprint density at radius 3 is 2.57 bits per heavy atom. The summed E-state index contributed by atoms with van der Waals surface area (Å²) in [5, 5.41) is 0.777. The lowest BCUT2D eigenvalue weighted by Crippen LogP contribution is -2.26. The van der Waals surface area contributed by atoms with Crippen LogP contribution in [0.1, 0.15) is 65.0 Å². The summed E-state index contributed by atoms with van der Waals surface area (Å²) in [6.45, 7) is 4.80. The third kappa shape index (κ3) is 6.20. The molecule has 164 valence electrons. The molecule has 0 spiro atoms. The molecule has 1 aromatic heterocycles. The Balaban J connectivity index is 1.77. The number of carbonyl (C=O) groups is 1. The number of alkyl halides is 3. The van der Waals surface area contributed by atoms with Gasteiger partial charge in [-0.15, -0.1) is 24.5 Å². The van der Waals surface area contributed by atoms with Crippen molar-refractivity contribution in [1.29, 1.82) is 0 Å². The third-order valence-electron chi connectivity index (χ3n) is 5.57. The fourth-order valence-electron chi connectivity index (χ4n) is 3.96. The zero-order valence-electron chi connectivity index (χ0n) is 17.3. The summed E-state index contributed by atoms with van der Waals surface area (Å²) in [5.41, 5.74) is 1.76. The summed E-state index contributed by atoms with van der Waals surface area (Å²) in [6, 6.07) is 4.74. The van der Waals surface area contributed by atoms with E-state index in [-0.39, 0.29) is 5.75 Å². The first-order valence-electron chi connectivity index (χ1n) is 10.3. The van der Waals surface area contributed by atoms with Crippen LogP contribution in [-0.2, 0) is 6.54 Å². The van der Waals surface area contributed by atoms with Crippen LogP contribution in [0, 0.1) is 19.8 Å². The van der Waals surface area contributed by atoms with E-state index in [0.717, 1.165) is 34.8 Å². The fourth-order valence-corrected chi connectivity index (χ4v) is 4.87. The molecule has 4 nitrogen and oxygen atoms in total. The van der Waals surface area contributed by atoms with Gasteiger partial charge in [-0.1, -0.05) is 44.2 Å². The van der Waals surface area contributed by atoms with Gasteiger partial charge in [0.25, 0.3) is 0 Å². The molecule has 0 bridgehead atoms. The van der Waals surface area contributed by atoms with Gasteiger partial charge in [0, 0.05) is 18.0 Å². The van der Waals surface area contributed by atoms with Crippen LogP contribution in [0.2, 0.25) is 0 Å². The molecule has 0 aliphatic heterocycles. The minimum atomic E-state index is -4.71. The molecule has 1 fully saturated rings. The highest BCUT2D eigenvalue weighted by Gasteiger charge is 2.31. The minimum absolute atomic E-state index is 0.187. The smallest absolute Gasteiger partial charge is 0.406 e. The molecule has 2 aromatic rings. The van der Waals surface area contributed by atoms with Gasteiger partial charge in [0.15, 0.2) is 11.4 Å². The zero-order chi connectivity index (χ0) is 21.7. The number of hydrogen-bond donors (Lipinski definition) is 0. The van der Waals surface area contributed by atoms with E-state index in [0.29, 0.717) is 23.7 Å². The van der Waals surface area contributed by atoms with E-state index in [1.165, 1.54) is 49.5 Å². The van der Waals surface area contributed by atoms with Crippen molar-refractivity contribution in [2.45, 2.75) is 65.3 Å². The number of aldehydes is 1. The second-order valence-electron chi connectivity index (χ2n) is 7.92. The molecule has 30 heavy (non-hydrogen) atoms. The average Bonchev–Trinajstić information content (AvgIpc) is 3.07. The molecular weight excluding hydrogens is 413 g/mol. The lowest BCUT2D eigenvalue weighted by molar-refractivity contribution is -0.274. The summed E-state index contributed by atoms with van der Waals surface area (Å²) in [4.78, 5) is 18.7. The van der Waals surface area contributed by atoms with Gasteiger partial charge >= 0.3 is 6.36 Å². The molecule has 3 rings (SSSR count). The Morgan fingerprint density at radius 1 is 1.23 bits per heavy atom. The van der Waals surface area contributed by atoms with Crippen LogP contribution >= 0.6 is 11.3 Å². The van der Waals surface area contributed by atoms with Crippen molar-refractivity contribution in [2.75, 3.05) is 11.4 Å². The van der Waals surface area contributed by atoms with Crippen LogP contribution < -0.4 is 9.64 Å². The molecule has 0 radical (unpaired) electrons. The Hall–Kier alpha value is -2.09. The Bertz CT molecular complexity index is 861. The van der Waals surface area contributed by atoms with Crippen LogP contribution in [0.5, 0.6) is 5.75 Å². The van der Waals surface area contributed by atoms with Gasteiger partial charge in [-0.25, -0.2) is 4.98 Å². The Labute approximate surface area is 179 Å². The van der Waals surface area contributed by atoms with Crippen molar-refractivity contribution < 1.29 is 22.7 Å². The van der Waals surface area contributed by atoms with Gasteiger partial charge in [0.05, 0.1) is 0 Å². The molecule has 0 N–H and O–H groups in total. The number of rotatable bonds is 8. The average molecular weight is 441 g/mol. The minimum Gasteiger partial charge on any atom is -0.406 e. The number of hydrogen-bond acceptors (Lipinski definition) is 5. The van der Waals surface area contributed by atoms with Crippen molar-refractivity contribution in [3.8, 4) is 5.75 Å². The first-order chi connectivity index (χ1) is 14.2. The number of thiazole rings is 1. The summed E-state index contributed by atoms with van der Waals surface area (Å²) in [7, 11) is 0. The fraction of sp³-hybridized carbons (Fsp3) is 0.545. The molecule has 0 atom stereocenters. The molecule has 0 amide bonds. The third-order valence-corrected chi connectivity index (χ3v) is 6.62. The first-order valence-corrected chi connectivity index (χ1v) is 11.1. The number of benzene rings is 1. The van der Waals surface area contributed by atoms with Crippen LogP contribution in [0.15, 0.2) is 18.2 Å². The number of aryl methyl sites for hydroxylation is 2. The maximum absolute atomic E-state index is 12.5. The lowest BCUT2D eigenvalue weighted by atomic mass is 9.87. The van der Waals surface area contributed by atoms with Crippen LogP contribution in [0.4, 0.5) is 18.3 Å². The van der Waals surface area contributed by atoms with Crippen molar-refractivity contribution in [1.82, 2.24) is 4.98 Å². The van der Waals surface area contributed by atoms with Crippen molar-refractivity contribution >= 4 is 22.8 Å². The van der Waals surface area contributed by atoms with Crippen LogP contribution in [-0.4, -0.2) is 24.2 Å². The molecule has 1 aromatic carbocycles. The zero-order valence-corrected chi connectivity index (χ0v) is 18.1. The van der Waals surface area contributed by atoms with Crippen LogP contribution in [0.3, 0.4) is 0 Å². The normalized spacial score (nSPS) is 15.2. The summed E-state index contributed by atoms with van der Waals surface area (Å²) >= 11 is 1.48. The van der Waals surface area contributed by atoms with Gasteiger partial charge in [-0.05, 0) is 43.4 Å². The highest BCUT2D eigenvalue weighted by Crippen LogP contribution is 2.31. The SMILES string of the molecule is Cc1cc(CN(CCC2CCCCC2)c2nc(C=O)c(C)s2)ccc1OC(F)(F)F. The Kier molecular flexibility index (Phi) is 7.39. The second kappa shape index (κ2) is 9.81. The monoisotopic (exact) mass is 440 g/mol. The first kappa shape index (κ1) is 22.6. The molecule has 1 aliphatic rings. The predicted molar refractivity (Wildman–Crippen MR) is 112 cm³/mol. The molecule has 0 unspecified atom stereocenters. The van der Waals surface area contributed by atoms with E-state index < -0.39 is 6.36 Å². The number of ether oxygens (including phenoxy) is 1. The van der Waals surface area contributed by atoms with E-state index in [4.69, 9.17) is 0 Å². The van der Waals surface area contributed by atoms with Crippen molar-refractivity contribution in [3.63, 3.8) is 0 Å². The van der Waals surface area contributed by atoms with Crippen LogP contribution in [0.25, 0.3) is 0 Å². The highest BCUT2D eigenvalue weighted by atomic mass is 32.1. The topological polar surface area (TPSA) is 42.4 Å². The quantitative estimate of drug-likeness (QED) is 0.443. The maximum Gasteiger partial charge on any atom is 0.573 e. The molecule has 1 saturated carbocycles. The largest absolute Gasteiger partial charge is 0.573 e. The summed E-state index contributed by atoms with van der Waals surface area (Å²) in [6.07, 6.45) is 3.44. The van der Waals surface area contributed by atoms with Gasteiger partial charge in [0.1, 0.15) is 11.4 Å². The lowest BCUT2D eigenvalue weighted by Gasteiger charge is -2.27. The van der Waals surface area contributed by atoms with Crippen molar-refractivity contribution in [2.24, 2.45) is 5.92 Å². The van der Waals surface area contributed by atoms with Gasteiger partial charge in [0.2, 0.25) is 0 Å². The maximum atomic E-state index is 12.5. The van der Waals surface area contributed by atoms with E-state index in [1.54, 1.807) is 19.1 Å². The Morgan fingerprint density at radius 2 is 1.97 bits per heavy atom. The predicted octanol–water partition coefficient (Wildman–Crippen LogP) is 6.45.